The molecule has 2 aliphatic rings. The van der Waals surface area contributed by atoms with Crippen LogP contribution in [0.1, 0.15) is 42.5 Å². The zero-order chi connectivity index (χ0) is 17.6. The molecular formula is C19H26ClNO4. The van der Waals surface area contributed by atoms with E-state index >= 15 is 0 Å². The number of ether oxygens (including phenoxy) is 2. The van der Waals surface area contributed by atoms with Crippen molar-refractivity contribution in [3.05, 3.63) is 28.8 Å². The van der Waals surface area contributed by atoms with Crippen molar-refractivity contribution in [2.75, 3.05) is 32.9 Å². The van der Waals surface area contributed by atoms with E-state index < -0.39 is 5.97 Å². The molecule has 138 valence electrons. The predicted molar refractivity (Wildman–Crippen MR) is 96.7 cm³/mol. The standard InChI is InChI=1S/C19H26ClNO4/c20-16-13-15(19(22)23)4-5-18(16)25-12-9-21-8-2-1-3-17(21)14-6-10-24-11-7-14/h4-5,13-14,17H,1-3,6-12H2,(H,22,23). The fraction of sp³-hybridized carbons (Fsp3) is 0.632. The largest absolute Gasteiger partial charge is 0.491 e. The molecule has 2 fully saturated rings. The van der Waals surface area contributed by atoms with Gasteiger partial charge in [0.2, 0.25) is 0 Å². The Hall–Kier alpha value is -1.30. The summed E-state index contributed by atoms with van der Waals surface area (Å²) < 4.78 is 11.3. The molecule has 0 spiro atoms. The summed E-state index contributed by atoms with van der Waals surface area (Å²) >= 11 is 6.13. The van der Waals surface area contributed by atoms with E-state index in [2.05, 4.69) is 4.90 Å². The maximum Gasteiger partial charge on any atom is 0.335 e. The maximum absolute atomic E-state index is 11.0. The van der Waals surface area contributed by atoms with Crippen LogP contribution >= 0.6 is 11.6 Å². The Bertz CT molecular complexity index is 589. The van der Waals surface area contributed by atoms with Crippen molar-refractivity contribution in [2.24, 2.45) is 5.92 Å². The molecule has 1 unspecified atom stereocenters. The van der Waals surface area contributed by atoms with Crippen molar-refractivity contribution in [2.45, 2.75) is 38.1 Å². The molecule has 1 N–H and O–H groups in total. The Kier molecular flexibility index (Phi) is 6.57. The maximum atomic E-state index is 11.0. The molecule has 0 amide bonds. The number of piperidine rings is 1. The van der Waals surface area contributed by atoms with Crippen molar-refractivity contribution >= 4 is 17.6 Å². The number of carbonyl (C=O) groups is 1. The zero-order valence-electron chi connectivity index (χ0n) is 14.5. The first-order chi connectivity index (χ1) is 12.1. The fourth-order valence-corrected chi connectivity index (χ4v) is 4.19. The Morgan fingerprint density at radius 3 is 2.80 bits per heavy atom. The van der Waals surface area contributed by atoms with E-state index in [1.807, 2.05) is 0 Å². The normalized spacial score (nSPS) is 22.7. The van der Waals surface area contributed by atoms with Crippen LogP contribution in [0.4, 0.5) is 0 Å². The number of benzene rings is 1. The highest BCUT2D eigenvalue weighted by atomic mass is 35.5. The lowest BCUT2D eigenvalue weighted by Crippen LogP contribution is -2.47. The van der Waals surface area contributed by atoms with Crippen LogP contribution < -0.4 is 4.74 Å². The Morgan fingerprint density at radius 1 is 1.28 bits per heavy atom. The van der Waals surface area contributed by atoms with Gasteiger partial charge in [0, 0.05) is 25.8 Å². The number of carboxylic acids is 1. The summed E-state index contributed by atoms with van der Waals surface area (Å²) in [5.74, 6) is 0.292. The van der Waals surface area contributed by atoms with Gasteiger partial charge in [-0.25, -0.2) is 4.79 Å². The lowest BCUT2D eigenvalue weighted by molar-refractivity contribution is 0.00913. The molecule has 0 bridgehead atoms. The molecule has 1 aromatic rings. The minimum absolute atomic E-state index is 0.174. The highest BCUT2D eigenvalue weighted by Gasteiger charge is 2.30. The number of halogens is 1. The molecular weight excluding hydrogens is 342 g/mol. The van der Waals surface area contributed by atoms with E-state index in [9.17, 15) is 4.79 Å². The van der Waals surface area contributed by atoms with Gasteiger partial charge in [0.15, 0.2) is 0 Å². The van der Waals surface area contributed by atoms with Crippen molar-refractivity contribution < 1.29 is 19.4 Å². The van der Waals surface area contributed by atoms with Gasteiger partial charge in [-0.2, -0.15) is 0 Å². The molecule has 2 saturated heterocycles. The van der Waals surface area contributed by atoms with Crippen molar-refractivity contribution in [3.8, 4) is 5.75 Å². The first-order valence-electron chi connectivity index (χ1n) is 9.12. The number of hydrogen-bond donors (Lipinski definition) is 1. The minimum Gasteiger partial charge on any atom is -0.491 e. The van der Waals surface area contributed by atoms with E-state index in [-0.39, 0.29) is 5.56 Å². The summed E-state index contributed by atoms with van der Waals surface area (Å²) in [5, 5.41) is 9.33. The molecule has 0 radical (unpaired) electrons. The number of nitrogens with zero attached hydrogens (tertiary/aromatic N) is 1. The van der Waals surface area contributed by atoms with Gasteiger partial charge in [-0.1, -0.05) is 18.0 Å². The third kappa shape index (κ3) is 4.87. The second kappa shape index (κ2) is 8.88. The average molecular weight is 368 g/mol. The van der Waals surface area contributed by atoms with Crippen LogP contribution in [0.3, 0.4) is 0 Å². The molecule has 1 aromatic carbocycles. The summed E-state index contributed by atoms with van der Waals surface area (Å²) in [6.45, 7) is 4.33. The van der Waals surface area contributed by atoms with Gasteiger partial charge in [0.05, 0.1) is 10.6 Å². The third-order valence-corrected chi connectivity index (χ3v) is 5.58. The van der Waals surface area contributed by atoms with Gasteiger partial charge in [0.1, 0.15) is 12.4 Å². The first kappa shape index (κ1) is 18.5. The molecule has 5 nitrogen and oxygen atoms in total. The Balaban J connectivity index is 1.53. The van der Waals surface area contributed by atoms with Gasteiger partial charge >= 0.3 is 5.97 Å². The highest BCUT2D eigenvalue weighted by Crippen LogP contribution is 2.30. The van der Waals surface area contributed by atoms with Gasteiger partial charge in [-0.3, -0.25) is 4.90 Å². The highest BCUT2D eigenvalue weighted by molar-refractivity contribution is 6.32. The average Bonchev–Trinajstić information content (AvgIpc) is 2.64. The minimum atomic E-state index is -0.985. The summed E-state index contributed by atoms with van der Waals surface area (Å²) in [6, 6.07) is 5.23. The molecule has 2 heterocycles. The van der Waals surface area contributed by atoms with Crippen molar-refractivity contribution in [3.63, 3.8) is 0 Å². The zero-order valence-corrected chi connectivity index (χ0v) is 15.2. The Labute approximate surface area is 153 Å². The van der Waals surface area contributed by atoms with Gasteiger partial charge < -0.3 is 14.6 Å². The third-order valence-electron chi connectivity index (χ3n) is 5.29. The van der Waals surface area contributed by atoms with Crippen molar-refractivity contribution in [1.29, 1.82) is 0 Å². The molecule has 3 rings (SSSR count). The molecule has 6 heteroatoms. The predicted octanol–water partition coefficient (Wildman–Crippen LogP) is 3.70. The smallest absolute Gasteiger partial charge is 0.335 e. The summed E-state index contributed by atoms with van der Waals surface area (Å²) in [4.78, 5) is 13.5. The molecule has 0 saturated carbocycles. The van der Waals surface area contributed by atoms with E-state index in [0.717, 1.165) is 45.1 Å². The van der Waals surface area contributed by atoms with E-state index in [1.54, 1.807) is 6.07 Å². The van der Waals surface area contributed by atoms with Crippen molar-refractivity contribution in [1.82, 2.24) is 4.90 Å². The SMILES string of the molecule is O=C(O)c1ccc(OCCN2CCCCC2C2CCOCC2)c(Cl)c1. The lowest BCUT2D eigenvalue weighted by atomic mass is 9.85. The first-order valence-corrected chi connectivity index (χ1v) is 9.50. The van der Waals surface area contributed by atoms with Crippen LogP contribution in [0.5, 0.6) is 5.75 Å². The number of rotatable bonds is 6. The van der Waals surface area contributed by atoms with Crippen LogP contribution in [0, 0.1) is 5.92 Å². The second-order valence-electron chi connectivity index (χ2n) is 6.85. The molecule has 0 aliphatic carbocycles. The van der Waals surface area contributed by atoms with E-state index in [0.29, 0.717) is 23.4 Å². The lowest BCUT2D eigenvalue weighted by Gasteiger charge is -2.41. The number of aromatic carboxylic acids is 1. The van der Waals surface area contributed by atoms with Gasteiger partial charge in [0.25, 0.3) is 0 Å². The molecule has 25 heavy (non-hydrogen) atoms. The summed E-state index contributed by atoms with van der Waals surface area (Å²) in [6.07, 6.45) is 6.13. The topological polar surface area (TPSA) is 59.0 Å². The van der Waals surface area contributed by atoms with Crippen LogP contribution in [-0.4, -0.2) is 54.9 Å². The molecule has 1 atom stereocenters. The summed E-state index contributed by atoms with van der Waals surface area (Å²) in [7, 11) is 0. The fourth-order valence-electron chi connectivity index (χ4n) is 3.95. The van der Waals surface area contributed by atoms with E-state index in [1.165, 1.54) is 31.4 Å². The van der Waals surface area contributed by atoms with Crippen LogP contribution in [0.15, 0.2) is 18.2 Å². The summed E-state index contributed by atoms with van der Waals surface area (Å²) in [5.41, 5.74) is 0.174. The molecule has 2 aliphatic heterocycles. The van der Waals surface area contributed by atoms with Gasteiger partial charge in [-0.15, -0.1) is 0 Å². The monoisotopic (exact) mass is 367 g/mol. The quantitative estimate of drug-likeness (QED) is 0.830. The van der Waals surface area contributed by atoms with Crippen LogP contribution in [0.25, 0.3) is 0 Å². The second-order valence-corrected chi connectivity index (χ2v) is 7.25. The number of hydrogen-bond acceptors (Lipinski definition) is 4. The number of carboxylic acid groups (broad SMARTS) is 1. The Morgan fingerprint density at radius 2 is 2.08 bits per heavy atom. The van der Waals surface area contributed by atoms with Crippen LogP contribution in [-0.2, 0) is 4.74 Å². The van der Waals surface area contributed by atoms with Crippen LogP contribution in [0.2, 0.25) is 5.02 Å². The number of likely N-dealkylation sites (tertiary alicyclic amines) is 1. The van der Waals surface area contributed by atoms with E-state index in [4.69, 9.17) is 26.2 Å². The molecule has 0 aromatic heterocycles. The van der Waals surface area contributed by atoms with Gasteiger partial charge in [-0.05, 0) is 56.3 Å².